The molecule has 0 saturated carbocycles. The molecular formula is C35H60O7. The van der Waals surface area contributed by atoms with Crippen molar-refractivity contribution in [3.8, 4) is 0 Å². The highest BCUT2D eigenvalue weighted by Crippen LogP contribution is 2.12. The molecule has 0 rings (SSSR count). The predicted octanol–water partition coefficient (Wildman–Crippen LogP) is 7.30. The maximum absolute atomic E-state index is 12.1. The summed E-state index contributed by atoms with van der Waals surface area (Å²) in [4.78, 5) is 24.0. The van der Waals surface area contributed by atoms with Crippen molar-refractivity contribution in [1.29, 1.82) is 0 Å². The molecule has 0 aromatic carbocycles. The van der Waals surface area contributed by atoms with Crippen LogP contribution in [0.1, 0.15) is 124 Å². The molecule has 0 aliphatic rings. The molecule has 0 fully saturated rings. The fourth-order valence-corrected chi connectivity index (χ4v) is 4.19. The van der Waals surface area contributed by atoms with Crippen LogP contribution in [0.4, 0.5) is 0 Å². The molecule has 0 aliphatic heterocycles. The Bertz CT molecular complexity index is 769. The van der Waals surface area contributed by atoms with E-state index in [-0.39, 0.29) is 25.1 Å². The van der Waals surface area contributed by atoms with E-state index in [0.717, 1.165) is 57.3 Å². The Hall–Kier alpha value is -2.22. The van der Waals surface area contributed by atoms with Crippen LogP contribution in [0.25, 0.3) is 0 Å². The van der Waals surface area contributed by atoms with Gasteiger partial charge in [0.15, 0.2) is 6.10 Å². The minimum Gasteiger partial charge on any atom is -0.462 e. The lowest BCUT2D eigenvalue weighted by atomic mass is 10.0. The molecule has 42 heavy (non-hydrogen) atoms. The minimum absolute atomic E-state index is 0.105. The number of aliphatic hydroxyl groups excluding tert-OH is 3. The number of hydrogen-bond donors (Lipinski definition) is 3. The molecule has 0 amide bonds. The van der Waals surface area contributed by atoms with E-state index in [1.807, 2.05) is 30.4 Å². The summed E-state index contributed by atoms with van der Waals surface area (Å²) in [5.41, 5.74) is 0. The molecule has 0 radical (unpaired) electrons. The van der Waals surface area contributed by atoms with Crippen molar-refractivity contribution >= 4 is 11.9 Å². The van der Waals surface area contributed by atoms with Crippen LogP contribution in [0.15, 0.2) is 48.6 Å². The first-order chi connectivity index (χ1) is 20.3. The molecule has 7 heteroatoms. The van der Waals surface area contributed by atoms with Crippen LogP contribution >= 0.6 is 0 Å². The van der Waals surface area contributed by atoms with Crippen molar-refractivity contribution in [3.63, 3.8) is 0 Å². The van der Waals surface area contributed by atoms with Crippen molar-refractivity contribution in [2.24, 2.45) is 5.92 Å². The monoisotopic (exact) mass is 592 g/mol. The topological polar surface area (TPSA) is 113 Å². The van der Waals surface area contributed by atoms with E-state index < -0.39 is 24.8 Å². The van der Waals surface area contributed by atoms with Crippen molar-refractivity contribution in [1.82, 2.24) is 0 Å². The third kappa shape index (κ3) is 27.9. The summed E-state index contributed by atoms with van der Waals surface area (Å²) in [7, 11) is 0. The summed E-state index contributed by atoms with van der Waals surface area (Å²) in [6.45, 7) is 6.06. The second kappa shape index (κ2) is 28.9. The largest absolute Gasteiger partial charge is 0.462 e. The summed E-state index contributed by atoms with van der Waals surface area (Å²) in [6, 6.07) is 0. The van der Waals surface area contributed by atoms with Gasteiger partial charge in [0.25, 0.3) is 0 Å². The van der Waals surface area contributed by atoms with Crippen LogP contribution in [0.3, 0.4) is 0 Å². The number of rotatable bonds is 27. The van der Waals surface area contributed by atoms with E-state index in [2.05, 4.69) is 20.8 Å². The molecule has 0 aromatic heterocycles. The predicted molar refractivity (Wildman–Crippen MR) is 171 cm³/mol. The van der Waals surface area contributed by atoms with Crippen molar-refractivity contribution < 1.29 is 34.4 Å². The number of esters is 2. The molecule has 0 saturated heterocycles. The number of ether oxygens (including phenoxy) is 2. The lowest BCUT2D eigenvalue weighted by Crippen LogP contribution is -2.28. The van der Waals surface area contributed by atoms with Crippen molar-refractivity contribution in [2.45, 2.75) is 142 Å². The molecule has 242 valence electrons. The van der Waals surface area contributed by atoms with E-state index in [9.17, 15) is 24.9 Å². The standard InChI is InChI=1S/C35H60O7/c1-4-5-15-22-31(37)23-17-12-7-6-8-13-18-24-32(38)25-20-27-35(40)42-33(28-36)29-41-34(39)26-19-14-10-9-11-16-21-30(2)3/h7-8,12-13,17-18,23-24,30-33,36-38H,4-6,9-11,14-16,19-22,25-29H2,1-3H3/b12-7-,13-8-,23-17+,24-18+/t31-,32-,33+/m1/s1. The molecule has 3 N–H and O–H groups in total. The van der Waals surface area contributed by atoms with Crippen molar-refractivity contribution in [2.75, 3.05) is 13.2 Å². The van der Waals surface area contributed by atoms with Crippen LogP contribution in [0, 0.1) is 5.92 Å². The molecule has 0 heterocycles. The quantitative estimate of drug-likeness (QED) is 0.0521. The molecule has 0 spiro atoms. The maximum Gasteiger partial charge on any atom is 0.306 e. The molecule has 7 nitrogen and oxygen atoms in total. The number of hydrogen-bond acceptors (Lipinski definition) is 7. The van der Waals surface area contributed by atoms with Gasteiger partial charge in [-0.1, -0.05) is 127 Å². The normalized spacial score (nSPS) is 14.5. The van der Waals surface area contributed by atoms with E-state index in [4.69, 9.17) is 9.47 Å². The number of aliphatic hydroxyl groups is 3. The first-order valence-electron chi connectivity index (χ1n) is 16.3. The number of carbonyl (C=O) groups excluding carboxylic acids is 2. The summed E-state index contributed by atoms with van der Waals surface area (Å²) in [6.07, 6.45) is 26.9. The second-order valence-corrected chi connectivity index (χ2v) is 11.4. The van der Waals surface area contributed by atoms with E-state index in [0.29, 0.717) is 19.3 Å². The highest BCUT2D eigenvalue weighted by Gasteiger charge is 2.16. The van der Waals surface area contributed by atoms with E-state index in [1.165, 1.54) is 25.7 Å². The van der Waals surface area contributed by atoms with Gasteiger partial charge >= 0.3 is 11.9 Å². The fraction of sp³-hybridized carbons (Fsp3) is 0.714. The Morgan fingerprint density at radius 3 is 1.83 bits per heavy atom. The van der Waals surface area contributed by atoms with Gasteiger partial charge in [-0.2, -0.15) is 0 Å². The van der Waals surface area contributed by atoms with E-state index in [1.54, 1.807) is 18.2 Å². The summed E-state index contributed by atoms with van der Waals surface area (Å²) < 4.78 is 10.4. The van der Waals surface area contributed by atoms with Gasteiger partial charge in [-0.25, -0.2) is 0 Å². The molecular weight excluding hydrogens is 532 g/mol. The zero-order chi connectivity index (χ0) is 31.3. The van der Waals surface area contributed by atoms with Gasteiger partial charge < -0.3 is 24.8 Å². The van der Waals surface area contributed by atoms with Crippen LogP contribution < -0.4 is 0 Å². The Kier molecular flexibility index (Phi) is 27.4. The zero-order valence-electron chi connectivity index (χ0n) is 26.6. The maximum atomic E-state index is 12.1. The van der Waals surface area contributed by atoms with Crippen LogP contribution in [-0.4, -0.2) is 58.8 Å². The van der Waals surface area contributed by atoms with Gasteiger partial charge in [-0.15, -0.1) is 0 Å². The van der Waals surface area contributed by atoms with Crippen LogP contribution in [0.5, 0.6) is 0 Å². The highest BCUT2D eigenvalue weighted by atomic mass is 16.6. The Morgan fingerprint density at radius 1 is 0.690 bits per heavy atom. The minimum atomic E-state index is -0.877. The molecule has 0 aromatic rings. The van der Waals surface area contributed by atoms with Crippen LogP contribution in [0.2, 0.25) is 0 Å². The third-order valence-corrected chi connectivity index (χ3v) is 6.76. The summed E-state index contributed by atoms with van der Waals surface area (Å²) in [5, 5.41) is 29.4. The average molecular weight is 593 g/mol. The lowest BCUT2D eigenvalue weighted by molar-refractivity contribution is -0.161. The second-order valence-electron chi connectivity index (χ2n) is 11.4. The number of unbranched alkanes of at least 4 members (excludes halogenated alkanes) is 7. The average Bonchev–Trinajstić information content (AvgIpc) is 2.95. The van der Waals surface area contributed by atoms with E-state index >= 15 is 0 Å². The summed E-state index contributed by atoms with van der Waals surface area (Å²) in [5.74, 6) is -0.0766. The van der Waals surface area contributed by atoms with Gasteiger partial charge in [-0.3, -0.25) is 9.59 Å². The molecule has 3 atom stereocenters. The lowest BCUT2D eigenvalue weighted by Gasteiger charge is -2.16. The number of carbonyl (C=O) groups is 2. The van der Waals surface area contributed by atoms with Crippen LogP contribution in [-0.2, 0) is 19.1 Å². The molecule has 0 aliphatic carbocycles. The SMILES string of the molecule is CCCCC[C@@H](O)/C=C/C=C\C/C=C\C=C\[C@@H](O)CCCC(=O)O[C@@H](CO)COC(=O)CCCCCCCCC(C)C. The smallest absolute Gasteiger partial charge is 0.306 e. The van der Waals surface area contributed by atoms with Gasteiger partial charge in [0.05, 0.1) is 18.8 Å². The first kappa shape index (κ1) is 39.8. The Labute approximate surface area is 255 Å². The molecule has 0 bridgehead atoms. The van der Waals surface area contributed by atoms with Crippen molar-refractivity contribution in [3.05, 3.63) is 48.6 Å². The Morgan fingerprint density at radius 2 is 1.24 bits per heavy atom. The third-order valence-electron chi connectivity index (χ3n) is 6.76. The fourth-order valence-electron chi connectivity index (χ4n) is 4.19. The molecule has 0 unspecified atom stereocenters. The van der Waals surface area contributed by atoms with Gasteiger partial charge in [0, 0.05) is 12.8 Å². The Balaban J connectivity index is 3.94. The summed E-state index contributed by atoms with van der Waals surface area (Å²) >= 11 is 0. The van der Waals surface area contributed by atoms with Gasteiger partial charge in [0.1, 0.15) is 6.61 Å². The van der Waals surface area contributed by atoms with Gasteiger partial charge in [-0.05, 0) is 38.0 Å². The zero-order valence-corrected chi connectivity index (χ0v) is 26.6. The number of allylic oxidation sites excluding steroid dienone is 6. The highest BCUT2D eigenvalue weighted by molar-refractivity contribution is 5.70. The first-order valence-corrected chi connectivity index (χ1v) is 16.3. The van der Waals surface area contributed by atoms with Gasteiger partial charge in [0.2, 0.25) is 0 Å².